The van der Waals surface area contributed by atoms with Crippen molar-refractivity contribution in [1.82, 2.24) is 14.9 Å². The summed E-state index contributed by atoms with van der Waals surface area (Å²) in [6.45, 7) is 10.4. The zero-order valence-electron chi connectivity index (χ0n) is 19.9. The number of hydrogen-bond donors (Lipinski definition) is 2. The van der Waals surface area contributed by atoms with Gasteiger partial charge in [-0.2, -0.15) is 0 Å². The standard InChI is InChI=1S/C22H28N4O2S.C3H8/c1-4-15(5-2)26-19-10-9-14(22(28)25-17(6-3)21(23)27)12-18(19)24-20(26)13-16-8-7-11-29-16;1-3-2/h7-12,15,17H,4-6,13H2,1-3H3,(H2,23,27)(H,25,28);3H2,1-2H3/t17-;/m0./s1. The SMILES string of the molecule is CCC.CCC(CC)n1c(Cc2cccs2)nc2cc(C(=O)N[C@@H](CC)C(N)=O)ccc21. The average Bonchev–Trinajstić information content (AvgIpc) is 3.41. The molecule has 0 aliphatic rings. The third kappa shape index (κ3) is 6.19. The zero-order valence-corrected chi connectivity index (χ0v) is 20.7. The highest BCUT2D eigenvalue weighted by molar-refractivity contribution is 7.09. The van der Waals surface area contributed by atoms with Gasteiger partial charge < -0.3 is 15.6 Å². The van der Waals surface area contributed by atoms with E-state index in [4.69, 9.17) is 10.7 Å². The van der Waals surface area contributed by atoms with Gasteiger partial charge in [-0.05, 0) is 48.9 Å². The fourth-order valence-electron chi connectivity index (χ4n) is 3.66. The molecule has 6 nitrogen and oxygen atoms in total. The first-order valence-corrected chi connectivity index (χ1v) is 12.4. The van der Waals surface area contributed by atoms with Crippen molar-refractivity contribution in [3.05, 3.63) is 52.0 Å². The minimum Gasteiger partial charge on any atom is -0.368 e. The average molecular weight is 457 g/mol. The molecule has 1 aromatic carbocycles. The van der Waals surface area contributed by atoms with E-state index in [-0.39, 0.29) is 5.91 Å². The molecule has 3 N–H and O–H groups in total. The van der Waals surface area contributed by atoms with Crippen LogP contribution in [0.3, 0.4) is 0 Å². The number of imidazole rings is 1. The molecule has 2 aromatic heterocycles. The summed E-state index contributed by atoms with van der Waals surface area (Å²) >= 11 is 1.72. The van der Waals surface area contributed by atoms with Crippen molar-refractivity contribution >= 4 is 34.2 Å². The van der Waals surface area contributed by atoms with E-state index in [0.717, 1.165) is 36.1 Å². The van der Waals surface area contributed by atoms with Crippen LogP contribution in [-0.2, 0) is 11.2 Å². The van der Waals surface area contributed by atoms with Crippen LogP contribution in [0.25, 0.3) is 11.0 Å². The van der Waals surface area contributed by atoms with Gasteiger partial charge in [0, 0.05) is 22.9 Å². The number of nitrogens with two attached hydrogens (primary N) is 1. The predicted molar refractivity (Wildman–Crippen MR) is 133 cm³/mol. The van der Waals surface area contributed by atoms with Crippen LogP contribution in [-0.4, -0.2) is 27.4 Å². The van der Waals surface area contributed by atoms with E-state index >= 15 is 0 Å². The molecule has 0 fully saturated rings. The van der Waals surface area contributed by atoms with Gasteiger partial charge in [-0.3, -0.25) is 9.59 Å². The number of fused-ring (bicyclic) bond motifs is 1. The number of thiophene rings is 1. The fraction of sp³-hybridized carbons (Fsp3) is 0.480. The normalized spacial score (nSPS) is 11.8. The van der Waals surface area contributed by atoms with Gasteiger partial charge in [-0.1, -0.05) is 47.1 Å². The molecule has 2 amide bonds. The Morgan fingerprint density at radius 1 is 1.09 bits per heavy atom. The molecular weight excluding hydrogens is 420 g/mol. The summed E-state index contributed by atoms with van der Waals surface area (Å²) in [6.07, 6.45) is 4.50. The van der Waals surface area contributed by atoms with Gasteiger partial charge in [0.15, 0.2) is 0 Å². The summed E-state index contributed by atoms with van der Waals surface area (Å²) in [5.74, 6) is 0.171. The Kier molecular flexibility index (Phi) is 9.91. The minimum atomic E-state index is -0.672. The van der Waals surface area contributed by atoms with Gasteiger partial charge in [-0.15, -0.1) is 11.3 Å². The first-order valence-electron chi connectivity index (χ1n) is 11.5. The lowest BCUT2D eigenvalue weighted by Crippen LogP contribution is -2.43. The van der Waals surface area contributed by atoms with Crippen LogP contribution in [0.2, 0.25) is 0 Å². The van der Waals surface area contributed by atoms with Gasteiger partial charge >= 0.3 is 0 Å². The topological polar surface area (TPSA) is 90.0 Å². The molecule has 2 heterocycles. The molecule has 0 unspecified atom stereocenters. The number of amides is 2. The minimum absolute atomic E-state index is 0.311. The van der Waals surface area contributed by atoms with Gasteiger partial charge in [0.25, 0.3) is 5.91 Å². The monoisotopic (exact) mass is 456 g/mol. The first kappa shape index (κ1) is 25.6. The van der Waals surface area contributed by atoms with E-state index in [2.05, 4.69) is 55.1 Å². The number of rotatable bonds is 9. The second-order valence-electron chi connectivity index (χ2n) is 7.87. The maximum absolute atomic E-state index is 12.6. The Hall–Kier alpha value is -2.67. The lowest BCUT2D eigenvalue weighted by molar-refractivity contribution is -0.119. The molecule has 0 aliphatic carbocycles. The van der Waals surface area contributed by atoms with E-state index in [1.165, 1.54) is 11.3 Å². The van der Waals surface area contributed by atoms with Crippen molar-refractivity contribution in [3.8, 4) is 0 Å². The summed E-state index contributed by atoms with van der Waals surface area (Å²) in [4.78, 5) is 30.2. The molecule has 174 valence electrons. The third-order valence-electron chi connectivity index (χ3n) is 5.30. The van der Waals surface area contributed by atoms with Crippen molar-refractivity contribution in [1.29, 1.82) is 0 Å². The van der Waals surface area contributed by atoms with Gasteiger partial charge in [0.1, 0.15) is 11.9 Å². The summed E-state index contributed by atoms with van der Waals surface area (Å²) in [5, 5.41) is 4.78. The Balaban J connectivity index is 0.00000114. The number of nitrogens with one attached hydrogen (secondary N) is 1. The van der Waals surface area contributed by atoms with Crippen molar-refractivity contribution in [2.45, 2.75) is 78.8 Å². The lowest BCUT2D eigenvalue weighted by Gasteiger charge is -2.19. The number of hydrogen-bond acceptors (Lipinski definition) is 4. The van der Waals surface area contributed by atoms with Crippen LogP contribution in [0.4, 0.5) is 0 Å². The molecule has 0 saturated heterocycles. The van der Waals surface area contributed by atoms with Crippen LogP contribution in [0.5, 0.6) is 0 Å². The number of nitrogens with zero attached hydrogens (tertiary/aromatic N) is 2. The van der Waals surface area contributed by atoms with Crippen LogP contribution < -0.4 is 11.1 Å². The molecule has 32 heavy (non-hydrogen) atoms. The maximum atomic E-state index is 12.6. The largest absolute Gasteiger partial charge is 0.368 e. The predicted octanol–water partition coefficient (Wildman–Crippen LogP) is 5.46. The smallest absolute Gasteiger partial charge is 0.252 e. The Labute approximate surface area is 195 Å². The van der Waals surface area contributed by atoms with E-state index in [9.17, 15) is 9.59 Å². The highest BCUT2D eigenvalue weighted by Gasteiger charge is 2.20. The number of aromatic nitrogens is 2. The molecule has 3 aromatic rings. The quantitative estimate of drug-likeness (QED) is 0.448. The van der Waals surface area contributed by atoms with E-state index < -0.39 is 11.9 Å². The molecular formula is C25H36N4O2S. The van der Waals surface area contributed by atoms with Crippen molar-refractivity contribution < 1.29 is 9.59 Å². The summed E-state index contributed by atoms with van der Waals surface area (Å²) < 4.78 is 2.31. The van der Waals surface area contributed by atoms with E-state index in [1.807, 2.05) is 13.0 Å². The zero-order chi connectivity index (χ0) is 23.7. The molecule has 0 aliphatic heterocycles. The van der Waals surface area contributed by atoms with Gasteiger partial charge in [0.05, 0.1) is 11.0 Å². The van der Waals surface area contributed by atoms with Crippen LogP contribution in [0.15, 0.2) is 35.7 Å². The molecule has 0 spiro atoms. The molecule has 0 saturated carbocycles. The second kappa shape index (κ2) is 12.4. The van der Waals surface area contributed by atoms with Crippen LogP contribution in [0, 0.1) is 0 Å². The Morgan fingerprint density at radius 2 is 1.78 bits per heavy atom. The van der Waals surface area contributed by atoms with E-state index in [0.29, 0.717) is 18.0 Å². The number of carbonyl (C=O) groups is 2. The van der Waals surface area contributed by atoms with Crippen molar-refractivity contribution in [3.63, 3.8) is 0 Å². The van der Waals surface area contributed by atoms with Crippen LogP contribution in [0.1, 0.15) is 87.4 Å². The van der Waals surface area contributed by atoms with Gasteiger partial charge in [0.2, 0.25) is 5.91 Å². The van der Waals surface area contributed by atoms with Crippen LogP contribution >= 0.6 is 11.3 Å². The maximum Gasteiger partial charge on any atom is 0.252 e. The molecule has 1 atom stereocenters. The fourth-order valence-corrected chi connectivity index (χ4v) is 4.36. The Bertz CT molecular complexity index is 1010. The summed E-state index contributed by atoms with van der Waals surface area (Å²) in [6, 6.07) is 9.41. The molecule has 0 bridgehead atoms. The van der Waals surface area contributed by atoms with Crippen molar-refractivity contribution in [2.75, 3.05) is 0 Å². The molecule has 7 heteroatoms. The van der Waals surface area contributed by atoms with E-state index in [1.54, 1.807) is 23.5 Å². The first-order chi connectivity index (χ1) is 15.4. The number of primary amides is 1. The van der Waals surface area contributed by atoms with Gasteiger partial charge in [-0.25, -0.2) is 4.98 Å². The summed E-state index contributed by atoms with van der Waals surface area (Å²) in [7, 11) is 0. The van der Waals surface area contributed by atoms with Crippen molar-refractivity contribution in [2.24, 2.45) is 5.73 Å². The third-order valence-corrected chi connectivity index (χ3v) is 6.18. The molecule has 3 rings (SSSR count). The number of benzene rings is 1. The number of carbonyl (C=O) groups excluding carboxylic acids is 2. The highest BCUT2D eigenvalue weighted by Crippen LogP contribution is 2.28. The highest BCUT2D eigenvalue weighted by atomic mass is 32.1. The molecule has 0 radical (unpaired) electrons. The summed E-state index contributed by atoms with van der Waals surface area (Å²) in [5.41, 5.74) is 7.65. The lowest BCUT2D eigenvalue weighted by atomic mass is 10.1. The second-order valence-corrected chi connectivity index (χ2v) is 8.90. The Morgan fingerprint density at radius 3 is 2.31 bits per heavy atom.